The summed E-state index contributed by atoms with van der Waals surface area (Å²) in [5, 5.41) is 2.83. The zero-order valence-corrected chi connectivity index (χ0v) is 21.2. The number of benzene rings is 2. The lowest BCUT2D eigenvalue weighted by molar-refractivity contribution is -0.138. The van der Waals surface area contributed by atoms with Gasteiger partial charge in [-0.1, -0.05) is 26.0 Å². The Morgan fingerprint density at radius 3 is 2.22 bits per heavy atom. The van der Waals surface area contributed by atoms with Crippen LogP contribution in [0.5, 0.6) is 0 Å². The fourth-order valence-corrected chi connectivity index (χ4v) is 4.08. The molecule has 0 atom stereocenters. The highest BCUT2D eigenvalue weighted by atomic mass is 19.1. The van der Waals surface area contributed by atoms with Crippen LogP contribution in [-0.2, 0) is 25.7 Å². The fraction of sp³-hybridized carbons (Fsp3) is 0.444. The first-order valence-corrected chi connectivity index (χ1v) is 12.2. The highest BCUT2D eigenvalue weighted by Gasteiger charge is 2.22. The predicted octanol–water partition coefficient (Wildman–Crippen LogP) is 3.13. The molecule has 1 aliphatic rings. The second-order valence-corrected chi connectivity index (χ2v) is 9.37. The van der Waals surface area contributed by atoms with E-state index in [2.05, 4.69) is 24.1 Å². The Balaban J connectivity index is 1.54. The van der Waals surface area contributed by atoms with Crippen molar-refractivity contribution in [2.75, 3.05) is 56.7 Å². The minimum Gasteiger partial charge on any atom is -0.375 e. The maximum absolute atomic E-state index is 13.2. The number of carbonyl (C=O) groups excluding carboxylic acids is 3. The van der Waals surface area contributed by atoms with E-state index in [0.29, 0.717) is 36.7 Å². The summed E-state index contributed by atoms with van der Waals surface area (Å²) in [6.07, 6.45) is 0.576. The molecule has 0 unspecified atom stereocenters. The number of hydrogen-bond acceptors (Lipinski definition) is 5. The second kappa shape index (κ2) is 13.0. The number of carbonyl (C=O) groups is 3. The first kappa shape index (κ1) is 27.1. The van der Waals surface area contributed by atoms with Gasteiger partial charge in [0.1, 0.15) is 19.0 Å². The van der Waals surface area contributed by atoms with Crippen molar-refractivity contribution in [1.29, 1.82) is 0 Å². The van der Waals surface area contributed by atoms with Crippen molar-refractivity contribution in [2.24, 2.45) is 5.92 Å². The van der Waals surface area contributed by atoms with Crippen molar-refractivity contribution < 1.29 is 23.5 Å². The molecule has 36 heavy (non-hydrogen) atoms. The van der Waals surface area contributed by atoms with Crippen LogP contribution in [0.2, 0.25) is 0 Å². The number of nitrogens with one attached hydrogen (secondary N) is 1. The molecule has 1 aliphatic heterocycles. The van der Waals surface area contributed by atoms with Crippen molar-refractivity contribution >= 4 is 29.1 Å². The molecular weight excluding hydrogens is 463 g/mol. The molecule has 0 spiro atoms. The van der Waals surface area contributed by atoms with Gasteiger partial charge >= 0.3 is 0 Å². The summed E-state index contributed by atoms with van der Waals surface area (Å²) in [6.45, 7) is 6.87. The van der Waals surface area contributed by atoms with Crippen molar-refractivity contribution in [1.82, 2.24) is 9.80 Å². The van der Waals surface area contributed by atoms with Crippen LogP contribution in [0.15, 0.2) is 48.5 Å². The van der Waals surface area contributed by atoms with Crippen LogP contribution in [-0.4, -0.2) is 74.0 Å². The number of ether oxygens (including phenoxy) is 1. The normalized spacial score (nSPS) is 13.6. The summed E-state index contributed by atoms with van der Waals surface area (Å²) in [7, 11) is 1.42. The fourth-order valence-electron chi connectivity index (χ4n) is 4.08. The number of halogens is 1. The molecule has 8 nitrogen and oxygen atoms in total. The van der Waals surface area contributed by atoms with Crippen LogP contribution < -0.4 is 10.2 Å². The summed E-state index contributed by atoms with van der Waals surface area (Å²) >= 11 is 0. The summed E-state index contributed by atoms with van der Waals surface area (Å²) in [6, 6.07) is 13.3. The standard InChI is InChI=1S/C27H35FN4O4/c1-20(2)16-26(34)31-14-12-30(13-15-31)24-10-8-23(9-11-24)29-25(33)18-32(27(35)19-36-3)17-21-4-6-22(28)7-5-21/h4-11,20H,12-19H2,1-3H3,(H,29,33). The van der Waals surface area contributed by atoms with E-state index in [4.69, 9.17) is 4.74 Å². The third-order valence-corrected chi connectivity index (χ3v) is 5.97. The number of methoxy groups -OCH3 is 1. The van der Waals surface area contributed by atoms with Gasteiger partial charge in [-0.25, -0.2) is 4.39 Å². The van der Waals surface area contributed by atoms with E-state index >= 15 is 0 Å². The number of anilines is 2. The van der Waals surface area contributed by atoms with Crippen LogP contribution in [0.4, 0.5) is 15.8 Å². The van der Waals surface area contributed by atoms with E-state index in [0.717, 1.165) is 18.8 Å². The molecule has 2 aromatic carbocycles. The Bertz CT molecular complexity index is 1020. The van der Waals surface area contributed by atoms with E-state index in [1.807, 2.05) is 29.2 Å². The minimum absolute atomic E-state index is 0.153. The number of piperazine rings is 1. The van der Waals surface area contributed by atoms with Gasteiger partial charge in [0.25, 0.3) is 0 Å². The molecule has 2 aromatic rings. The van der Waals surface area contributed by atoms with E-state index < -0.39 is 0 Å². The summed E-state index contributed by atoms with van der Waals surface area (Å²) < 4.78 is 18.1. The van der Waals surface area contributed by atoms with Crippen molar-refractivity contribution in [3.63, 3.8) is 0 Å². The molecule has 3 rings (SSSR count). The lowest BCUT2D eigenvalue weighted by atomic mass is 10.1. The molecule has 194 valence electrons. The van der Waals surface area contributed by atoms with Gasteiger partial charge < -0.3 is 24.8 Å². The monoisotopic (exact) mass is 498 g/mol. The largest absolute Gasteiger partial charge is 0.375 e. The molecule has 0 radical (unpaired) electrons. The average Bonchev–Trinajstić information content (AvgIpc) is 2.85. The first-order valence-electron chi connectivity index (χ1n) is 12.2. The smallest absolute Gasteiger partial charge is 0.249 e. The summed E-state index contributed by atoms with van der Waals surface area (Å²) in [4.78, 5) is 43.0. The molecule has 9 heteroatoms. The van der Waals surface area contributed by atoms with Gasteiger partial charge in [0.15, 0.2) is 0 Å². The number of amides is 3. The molecule has 0 aromatic heterocycles. The lowest BCUT2D eigenvalue weighted by Crippen LogP contribution is -2.49. The lowest BCUT2D eigenvalue weighted by Gasteiger charge is -2.36. The van der Waals surface area contributed by atoms with Gasteiger partial charge in [-0.05, 0) is 47.9 Å². The molecule has 0 saturated carbocycles. The van der Waals surface area contributed by atoms with Crippen LogP contribution in [0.3, 0.4) is 0 Å². The van der Waals surface area contributed by atoms with Gasteiger partial charge in [-0.2, -0.15) is 0 Å². The molecular formula is C27H35FN4O4. The quantitative estimate of drug-likeness (QED) is 0.544. The van der Waals surface area contributed by atoms with Crippen LogP contribution in [0.1, 0.15) is 25.8 Å². The highest BCUT2D eigenvalue weighted by molar-refractivity contribution is 5.94. The molecule has 1 heterocycles. The zero-order valence-electron chi connectivity index (χ0n) is 21.2. The summed E-state index contributed by atoms with van der Waals surface area (Å²) in [5.74, 6) is -0.479. The van der Waals surface area contributed by atoms with Gasteiger partial charge in [0.05, 0.1) is 0 Å². The van der Waals surface area contributed by atoms with Gasteiger partial charge in [-0.15, -0.1) is 0 Å². The van der Waals surface area contributed by atoms with Crippen LogP contribution in [0, 0.1) is 11.7 Å². The molecule has 1 saturated heterocycles. The highest BCUT2D eigenvalue weighted by Crippen LogP contribution is 2.20. The molecule has 0 aliphatic carbocycles. The van der Waals surface area contributed by atoms with Crippen molar-refractivity contribution in [3.05, 3.63) is 59.9 Å². The molecule has 0 bridgehead atoms. The van der Waals surface area contributed by atoms with Gasteiger partial charge in [0, 0.05) is 57.6 Å². The van der Waals surface area contributed by atoms with E-state index in [1.54, 1.807) is 12.1 Å². The third-order valence-electron chi connectivity index (χ3n) is 5.97. The van der Waals surface area contributed by atoms with Crippen molar-refractivity contribution in [2.45, 2.75) is 26.8 Å². The van der Waals surface area contributed by atoms with Gasteiger partial charge in [-0.3, -0.25) is 14.4 Å². The van der Waals surface area contributed by atoms with E-state index in [9.17, 15) is 18.8 Å². The van der Waals surface area contributed by atoms with Crippen molar-refractivity contribution in [3.8, 4) is 0 Å². The van der Waals surface area contributed by atoms with Crippen LogP contribution >= 0.6 is 0 Å². The number of hydrogen-bond donors (Lipinski definition) is 1. The average molecular weight is 499 g/mol. The second-order valence-electron chi connectivity index (χ2n) is 9.37. The zero-order chi connectivity index (χ0) is 26.1. The summed E-state index contributed by atoms with van der Waals surface area (Å²) in [5.41, 5.74) is 2.36. The molecule has 1 N–H and O–H groups in total. The maximum atomic E-state index is 13.2. The molecule has 1 fully saturated rings. The number of rotatable bonds is 10. The number of nitrogens with zero attached hydrogens (tertiary/aromatic N) is 3. The maximum Gasteiger partial charge on any atom is 0.249 e. The first-order chi connectivity index (χ1) is 17.2. The third kappa shape index (κ3) is 8.05. The predicted molar refractivity (Wildman–Crippen MR) is 137 cm³/mol. The Labute approximate surface area is 212 Å². The topological polar surface area (TPSA) is 82.2 Å². The Morgan fingerprint density at radius 2 is 1.64 bits per heavy atom. The SMILES string of the molecule is COCC(=O)N(CC(=O)Nc1ccc(N2CCN(C(=O)CC(C)C)CC2)cc1)Cc1ccc(F)cc1. The Hall–Kier alpha value is -3.46. The van der Waals surface area contributed by atoms with E-state index in [-0.39, 0.29) is 43.2 Å². The van der Waals surface area contributed by atoms with Crippen LogP contribution in [0.25, 0.3) is 0 Å². The Morgan fingerprint density at radius 1 is 1.00 bits per heavy atom. The molecule has 3 amide bonds. The Kier molecular flexibility index (Phi) is 9.81. The minimum atomic E-state index is -0.365. The van der Waals surface area contributed by atoms with Gasteiger partial charge in [0.2, 0.25) is 17.7 Å². The van der Waals surface area contributed by atoms with E-state index in [1.165, 1.54) is 24.1 Å².